The van der Waals surface area contributed by atoms with E-state index in [9.17, 15) is 34.6 Å². The summed E-state index contributed by atoms with van der Waals surface area (Å²) in [6, 6.07) is 14.6. The Morgan fingerprint density at radius 3 is 2.36 bits per heavy atom. The average Bonchev–Trinajstić information content (AvgIpc) is 3.29. The average molecular weight is 636 g/mol. The number of nitrogens with one attached hydrogen (secondary N) is 1. The molecule has 3 aromatic carbocycles. The van der Waals surface area contributed by atoms with E-state index in [4.69, 9.17) is 14.2 Å². The Kier molecular flexibility index (Phi) is 9.25. The number of carbonyl (C=O) groups excluding carboxylic acids is 3. The molecule has 2 heterocycles. The number of carbonyl (C=O) groups is 3. The first-order valence-corrected chi connectivity index (χ1v) is 14.2. The molecule has 15 nitrogen and oxygen atoms in total. The van der Waals surface area contributed by atoms with Crippen LogP contribution in [0, 0.1) is 20.2 Å². The van der Waals surface area contributed by atoms with Crippen molar-refractivity contribution in [3.05, 3.63) is 91.4 Å². The molecule has 0 aromatic heterocycles. The van der Waals surface area contributed by atoms with Crippen molar-refractivity contribution in [2.45, 2.75) is 0 Å². The lowest BCUT2D eigenvalue weighted by molar-refractivity contribution is -0.394. The minimum atomic E-state index is -0.804. The van der Waals surface area contributed by atoms with Gasteiger partial charge < -0.3 is 24.4 Å². The first kappa shape index (κ1) is 31.0. The molecule has 0 unspecified atom stereocenters. The number of methoxy groups -OCH3 is 1. The number of ether oxygens (including phenoxy) is 3. The lowest BCUT2D eigenvalue weighted by Crippen LogP contribution is -2.36. The van der Waals surface area contributed by atoms with Crippen LogP contribution in [0.4, 0.5) is 27.5 Å². The minimum Gasteiger partial charge on any atom is -0.493 e. The van der Waals surface area contributed by atoms with Gasteiger partial charge in [0.1, 0.15) is 6.54 Å². The predicted molar refractivity (Wildman–Crippen MR) is 164 cm³/mol. The Morgan fingerprint density at radius 2 is 1.69 bits per heavy atom. The van der Waals surface area contributed by atoms with Crippen molar-refractivity contribution in [3.8, 4) is 17.2 Å². The lowest BCUT2D eigenvalue weighted by Gasteiger charge is -2.28. The lowest BCUT2D eigenvalue weighted by atomic mass is 10.1. The highest BCUT2D eigenvalue weighted by Crippen LogP contribution is 2.39. The molecule has 2 saturated heterocycles. The summed E-state index contributed by atoms with van der Waals surface area (Å²) in [6.07, 6.45) is 1.44. The van der Waals surface area contributed by atoms with Crippen molar-refractivity contribution in [3.63, 3.8) is 0 Å². The second-order valence-corrected chi connectivity index (χ2v) is 10.6. The van der Waals surface area contributed by atoms with Gasteiger partial charge in [-0.25, -0.2) is 0 Å². The second kappa shape index (κ2) is 13.4. The Balaban J connectivity index is 1.25. The number of thioether (sulfide) groups is 1. The highest BCUT2D eigenvalue weighted by Gasteiger charge is 2.36. The van der Waals surface area contributed by atoms with Gasteiger partial charge in [0.25, 0.3) is 16.8 Å². The predicted octanol–water partition coefficient (Wildman–Crippen LogP) is 4.82. The molecule has 0 spiro atoms. The zero-order valence-corrected chi connectivity index (χ0v) is 24.5. The molecule has 0 radical (unpaired) electrons. The number of nitro groups is 2. The molecule has 0 atom stereocenters. The van der Waals surface area contributed by atoms with Gasteiger partial charge in [-0.2, -0.15) is 0 Å². The van der Waals surface area contributed by atoms with E-state index in [1.54, 1.807) is 12.1 Å². The van der Waals surface area contributed by atoms with Gasteiger partial charge in [0.05, 0.1) is 41.1 Å². The van der Waals surface area contributed by atoms with E-state index >= 15 is 0 Å². The Labute approximate surface area is 259 Å². The number of benzene rings is 3. The number of amides is 3. The van der Waals surface area contributed by atoms with E-state index in [0.29, 0.717) is 36.2 Å². The van der Waals surface area contributed by atoms with Crippen LogP contribution >= 0.6 is 11.8 Å². The van der Waals surface area contributed by atoms with E-state index in [1.807, 2.05) is 12.1 Å². The molecule has 2 aliphatic heterocycles. The maximum absolute atomic E-state index is 13.0. The van der Waals surface area contributed by atoms with E-state index in [0.717, 1.165) is 41.9 Å². The number of hydrogen-bond donors (Lipinski definition) is 1. The largest absolute Gasteiger partial charge is 0.493 e. The first-order valence-electron chi connectivity index (χ1n) is 13.4. The first-order chi connectivity index (χ1) is 21.6. The number of morpholine rings is 1. The number of anilines is 2. The molecule has 16 heteroatoms. The zero-order chi connectivity index (χ0) is 32.1. The number of nitrogens with zero attached hydrogens (tertiary/aromatic N) is 4. The minimum absolute atomic E-state index is 0.0642. The van der Waals surface area contributed by atoms with Crippen molar-refractivity contribution >= 4 is 57.6 Å². The third-order valence-electron chi connectivity index (χ3n) is 6.76. The number of hydrogen-bond acceptors (Lipinski definition) is 12. The number of imide groups is 1. The van der Waals surface area contributed by atoms with Crippen LogP contribution in [0.25, 0.3) is 6.08 Å². The summed E-state index contributed by atoms with van der Waals surface area (Å²) in [7, 11) is 1.33. The Morgan fingerprint density at radius 1 is 0.978 bits per heavy atom. The van der Waals surface area contributed by atoms with Crippen LogP contribution in [-0.4, -0.2) is 71.8 Å². The smallest absolute Gasteiger partial charge is 0.318 e. The summed E-state index contributed by atoms with van der Waals surface area (Å²) >= 11 is 0.672. The summed E-state index contributed by atoms with van der Waals surface area (Å²) < 4.78 is 16.3. The van der Waals surface area contributed by atoms with Gasteiger partial charge >= 0.3 is 5.69 Å². The van der Waals surface area contributed by atoms with E-state index in [2.05, 4.69) is 10.2 Å². The van der Waals surface area contributed by atoms with E-state index in [-0.39, 0.29) is 22.2 Å². The van der Waals surface area contributed by atoms with Gasteiger partial charge in [0, 0.05) is 30.5 Å². The summed E-state index contributed by atoms with van der Waals surface area (Å²) in [6.45, 7) is 2.37. The van der Waals surface area contributed by atoms with Crippen LogP contribution in [0.3, 0.4) is 0 Å². The zero-order valence-electron chi connectivity index (χ0n) is 23.7. The summed E-state index contributed by atoms with van der Waals surface area (Å²) in [4.78, 5) is 62.3. The third-order valence-corrected chi connectivity index (χ3v) is 7.67. The van der Waals surface area contributed by atoms with Crippen LogP contribution in [0.2, 0.25) is 0 Å². The quantitative estimate of drug-likeness (QED) is 0.182. The molecule has 0 aliphatic carbocycles. The molecule has 0 saturated carbocycles. The number of non-ortho nitro benzene ring substituents is 1. The van der Waals surface area contributed by atoms with Crippen molar-refractivity contribution in [1.29, 1.82) is 0 Å². The van der Waals surface area contributed by atoms with Gasteiger partial charge in [-0.3, -0.25) is 39.5 Å². The van der Waals surface area contributed by atoms with Gasteiger partial charge in [0.15, 0.2) is 11.5 Å². The molecule has 5 rings (SSSR count). The topological polar surface area (TPSA) is 184 Å². The summed E-state index contributed by atoms with van der Waals surface area (Å²) in [5.41, 5.74) is 0.871. The van der Waals surface area contributed by atoms with Gasteiger partial charge in [0.2, 0.25) is 11.7 Å². The van der Waals surface area contributed by atoms with Gasteiger partial charge in [-0.05, 0) is 65.9 Å². The molecule has 1 N–H and O–H groups in total. The Bertz CT molecular complexity index is 1710. The summed E-state index contributed by atoms with van der Waals surface area (Å²) in [5.74, 6) is -1.24. The molecule has 0 bridgehead atoms. The standard InChI is InChI=1S/C29H25N5O10S/c1-42-25-14-18(2-8-24(25)44-23-9-7-21(33(38)39)16-22(23)34(40)41)15-26-28(36)32(29(37)45-26)17-27(35)30-19-3-5-20(6-4-19)31-10-12-43-13-11-31/h2-9,14-16H,10-13,17H2,1H3,(H,30,35)/b26-15+. The number of rotatable bonds is 10. The second-order valence-electron chi connectivity index (χ2n) is 9.64. The normalized spacial score (nSPS) is 15.7. The van der Waals surface area contributed by atoms with Gasteiger partial charge in [-0.15, -0.1) is 0 Å². The fourth-order valence-electron chi connectivity index (χ4n) is 4.53. The van der Waals surface area contributed by atoms with Crippen molar-refractivity contribution in [1.82, 2.24) is 4.90 Å². The molecule has 3 amide bonds. The van der Waals surface area contributed by atoms with Crippen LogP contribution in [-0.2, 0) is 14.3 Å². The van der Waals surface area contributed by atoms with Crippen molar-refractivity contribution in [2.75, 3.05) is 50.2 Å². The third kappa shape index (κ3) is 7.19. The maximum Gasteiger partial charge on any atom is 0.318 e. The van der Waals surface area contributed by atoms with Crippen LogP contribution < -0.4 is 19.7 Å². The Hall–Kier alpha value is -5.48. The van der Waals surface area contributed by atoms with Crippen LogP contribution in [0.1, 0.15) is 5.56 Å². The van der Waals surface area contributed by atoms with Crippen LogP contribution in [0.15, 0.2) is 65.6 Å². The number of nitro benzene ring substituents is 2. The fraction of sp³-hybridized carbons (Fsp3) is 0.207. The molecule has 3 aromatic rings. The van der Waals surface area contributed by atoms with Crippen molar-refractivity contribution < 1.29 is 38.4 Å². The fourth-order valence-corrected chi connectivity index (χ4v) is 5.37. The molecule has 45 heavy (non-hydrogen) atoms. The van der Waals surface area contributed by atoms with E-state index < -0.39 is 44.8 Å². The monoisotopic (exact) mass is 635 g/mol. The molecular weight excluding hydrogens is 610 g/mol. The maximum atomic E-state index is 13.0. The SMILES string of the molecule is COc1cc(/C=C2/SC(=O)N(CC(=O)Nc3ccc(N4CCOCC4)cc3)C2=O)ccc1Oc1ccc([N+](=O)[O-])cc1[N+](=O)[O-]. The van der Waals surface area contributed by atoms with Gasteiger partial charge in [-0.1, -0.05) is 6.07 Å². The molecular formula is C29H25N5O10S. The molecule has 2 aliphatic rings. The van der Waals surface area contributed by atoms with E-state index in [1.165, 1.54) is 31.4 Å². The van der Waals surface area contributed by atoms with Crippen molar-refractivity contribution in [2.24, 2.45) is 0 Å². The summed E-state index contributed by atoms with van der Waals surface area (Å²) in [5, 5.41) is 24.6. The van der Waals surface area contributed by atoms with Crippen LogP contribution in [0.5, 0.6) is 17.2 Å². The highest BCUT2D eigenvalue weighted by atomic mass is 32.2. The highest BCUT2D eigenvalue weighted by molar-refractivity contribution is 8.18. The molecule has 2 fully saturated rings. The molecule has 232 valence electrons.